The summed E-state index contributed by atoms with van der Waals surface area (Å²) in [5, 5.41) is 10.8. The Kier molecular flexibility index (Phi) is 12.9. The fourth-order valence-electron chi connectivity index (χ4n) is 4.55. The van der Waals surface area contributed by atoms with Crippen LogP contribution in [-0.4, -0.2) is 56.8 Å². The van der Waals surface area contributed by atoms with Gasteiger partial charge < -0.3 is 30.7 Å². The number of benzene rings is 1. The average Bonchev–Trinajstić information content (AvgIpc) is 3.16. The van der Waals surface area contributed by atoms with Gasteiger partial charge in [0.25, 0.3) is 23.6 Å². The molecule has 5 rings (SSSR count). The van der Waals surface area contributed by atoms with Crippen molar-refractivity contribution in [2.45, 2.75) is 39.5 Å². The van der Waals surface area contributed by atoms with Crippen LogP contribution in [0.1, 0.15) is 81.0 Å². The van der Waals surface area contributed by atoms with E-state index < -0.39 is 23.6 Å². The van der Waals surface area contributed by atoms with E-state index in [9.17, 15) is 19.2 Å². The molecule has 4 amide bonds. The van der Waals surface area contributed by atoms with Crippen molar-refractivity contribution in [1.82, 2.24) is 19.9 Å². The molecule has 4 aromatic heterocycles. The molecule has 14 nitrogen and oxygen atoms in total. The molecule has 0 bridgehead atoms. The van der Waals surface area contributed by atoms with Crippen LogP contribution in [0.25, 0.3) is 0 Å². The molecular weight excluding hydrogens is 664 g/mol. The second kappa shape index (κ2) is 18.3. The zero-order valence-corrected chi connectivity index (χ0v) is 28.7. The molecule has 0 spiro atoms. The van der Waals surface area contributed by atoms with Crippen LogP contribution in [0.4, 0.5) is 23.3 Å². The van der Waals surface area contributed by atoms with Crippen molar-refractivity contribution in [2.75, 3.05) is 34.5 Å². The van der Waals surface area contributed by atoms with E-state index in [1.54, 1.807) is 78.9 Å². The Bertz CT molecular complexity index is 1860. The second-order valence-corrected chi connectivity index (χ2v) is 11.4. The Morgan fingerprint density at radius 2 is 0.865 bits per heavy atom. The number of aromatic nitrogens is 4. The summed E-state index contributed by atoms with van der Waals surface area (Å²) >= 11 is 0. The first-order valence-electron chi connectivity index (χ1n) is 16.8. The molecule has 0 fully saturated rings. The number of carbonyl (C=O) groups excluding carboxylic acids is 4. The first-order valence-corrected chi connectivity index (χ1v) is 16.8. The van der Waals surface area contributed by atoms with Crippen LogP contribution in [0.15, 0.2) is 97.3 Å². The van der Waals surface area contributed by atoms with Gasteiger partial charge in [0.15, 0.2) is 0 Å². The summed E-state index contributed by atoms with van der Waals surface area (Å²) in [6.45, 7) is 5.23. The maximum Gasteiger partial charge on any atom is 0.258 e. The van der Waals surface area contributed by atoms with Crippen molar-refractivity contribution >= 4 is 46.9 Å². The molecule has 0 aliphatic carbocycles. The Morgan fingerprint density at radius 1 is 0.500 bits per heavy atom. The molecule has 52 heavy (non-hydrogen) atoms. The molecule has 4 heterocycles. The lowest BCUT2D eigenvalue weighted by atomic mass is 10.1. The number of carbonyl (C=O) groups is 4. The Hall–Kier alpha value is -6.70. The Balaban J connectivity index is 1.15. The zero-order chi connectivity index (χ0) is 36.7. The van der Waals surface area contributed by atoms with Crippen molar-refractivity contribution in [3.8, 4) is 11.8 Å². The van der Waals surface area contributed by atoms with E-state index in [2.05, 4.69) is 55.1 Å². The molecule has 0 radical (unpaired) electrons. The minimum atomic E-state index is -0.522. The van der Waals surface area contributed by atoms with E-state index in [4.69, 9.17) is 9.47 Å². The van der Waals surface area contributed by atoms with Gasteiger partial charge in [0, 0.05) is 35.7 Å². The summed E-state index contributed by atoms with van der Waals surface area (Å²) in [4.78, 5) is 68.7. The average molecular weight is 703 g/mol. The standard InChI is InChI=1S/C38H38N8O6/c1-3-5-20-51-33-18-16-27(23-39-33)37(49)45-31-14-8-12-29(41-31)43-35(47)25-10-7-11-26(22-25)36(48)44-30-13-9-15-32(42-30)46-38(50)28-17-19-34(40-24-28)52-21-6-4-2/h7-19,22-24H,3-6,20-21H2,1-2H3,(H2,41,43,45,47,49)(H2,42,44,46,48,50). The van der Waals surface area contributed by atoms with Gasteiger partial charge in [-0.2, -0.15) is 0 Å². The van der Waals surface area contributed by atoms with Crippen LogP contribution in [0.3, 0.4) is 0 Å². The van der Waals surface area contributed by atoms with E-state index in [1.807, 2.05) is 0 Å². The Morgan fingerprint density at radius 3 is 1.21 bits per heavy atom. The van der Waals surface area contributed by atoms with E-state index in [0.29, 0.717) is 36.1 Å². The van der Waals surface area contributed by atoms with Crippen molar-refractivity contribution in [3.05, 3.63) is 120 Å². The van der Waals surface area contributed by atoms with Crippen LogP contribution in [0.5, 0.6) is 11.8 Å². The maximum absolute atomic E-state index is 13.1. The molecule has 0 unspecified atom stereocenters. The second-order valence-electron chi connectivity index (χ2n) is 11.4. The minimum absolute atomic E-state index is 0.186. The van der Waals surface area contributed by atoms with Crippen molar-refractivity contribution in [2.24, 2.45) is 0 Å². The predicted molar refractivity (Wildman–Crippen MR) is 196 cm³/mol. The molecule has 14 heteroatoms. The highest BCUT2D eigenvalue weighted by Gasteiger charge is 2.15. The van der Waals surface area contributed by atoms with Crippen molar-refractivity contribution in [1.29, 1.82) is 0 Å². The van der Waals surface area contributed by atoms with Gasteiger partial charge in [-0.3, -0.25) is 19.2 Å². The molecule has 1 aromatic carbocycles. The first-order chi connectivity index (χ1) is 25.3. The van der Waals surface area contributed by atoms with Crippen molar-refractivity contribution in [3.63, 3.8) is 0 Å². The smallest absolute Gasteiger partial charge is 0.258 e. The van der Waals surface area contributed by atoms with E-state index in [1.165, 1.54) is 18.5 Å². The van der Waals surface area contributed by atoms with Gasteiger partial charge in [-0.25, -0.2) is 19.9 Å². The van der Waals surface area contributed by atoms with Crippen LogP contribution in [0.2, 0.25) is 0 Å². The van der Waals surface area contributed by atoms with Crippen LogP contribution >= 0.6 is 0 Å². The summed E-state index contributed by atoms with van der Waals surface area (Å²) in [7, 11) is 0. The normalized spacial score (nSPS) is 10.5. The van der Waals surface area contributed by atoms with E-state index in [-0.39, 0.29) is 34.4 Å². The largest absolute Gasteiger partial charge is 0.478 e. The number of anilines is 4. The zero-order valence-electron chi connectivity index (χ0n) is 28.7. The van der Waals surface area contributed by atoms with Crippen molar-refractivity contribution < 1.29 is 28.7 Å². The van der Waals surface area contributed by atoms with Crippen LogP contribution < -0.4 is 30.7 Å². The fourth-order valence-corrected chi connectivity index (χ4v) is 4.55. The highest BCUT2D eigenvalue weighted by atomic mass is 16.5. The third kappa shape index (κ3) is 10.6. The predicted octanol–water partition coefficient (Wildman–Crippen LogP) is 6.63. The summed E-state index contributed by atoms with van der Waals surface area (Å²) in [5.74, 6) is -0.231. The van der Waals surface area contributed by atoms with Gasteiger partial charge in [0.2, 0.25) is 11.8 Å². The fraction of sp³-hybridized carbons (Fsp3) is 0.211. The lowest BCUT2D eigenvalue weighted by Crippen LogP contribution is -2.18. The summed E-state index contributed by atoms with van der Waals surface area (Å²) in [6, 6.07) is 22.1. The number of unbranched alkanes of at least 4 members (excludes halogenated alkanes) is 2. The lowest BCUT2D eigenvalue weighted by molar-refractivity contribution is 0.101. The maximum atomic E-state index is 13.1. The van der Waals surface area contributed by atoms with Gasteiger partial charge in [-0.1, -0.05) is 44.9 Å². The van der Waals surface area contributed by atoms with Gasteiger partial charge in [-0.05, 0) is 67.4 Å². The molecule has 0 saturated carbocycles. The lowest BCUT2D eigenvalue weighted by Gasteiger charge is -2.10. The van der Waals surface area contributed by atoms with Gasteiger partial charge in [0.05, 0.1) is 24.3 Å². The molecule has 5 aromatic rings. The number of nitrogens with zero attached hydrogens (tertiary/aromatic N) is 4. The third-order valence-corrected chi connectivity index (χ3v) is 7.34. The molecular formula is C38H38N8O6. The molecule has 0 saturated heterocycles. The molecule has 0 aliphatic rings. The summed E-state index contributed by atoms with van der Waals surface area (Å²) in [6.07, 6.45) is 6.65. The van der Waals surface area contributed by atoms with Gasteiger partial charge in [0.1, 0.15) is 23.3 Å². The monoisotopic (exact) mass is 702 g/mol. The molecule has 0 atom stereocenters. The van der Waals surface area contributed by atoms with Crippen LogP contribution in [0, 0.1) is 0 Å². The molecule has 4 N–H and O–H groups in total. The number of pyridine rings is 4. The van der Waals surface area contributed by atoms with Gasteiger partial charge >= 0.3 is 0 Å². The molecule has 0 aliphatic heterocycles. The topological polar surface area (TPSA) is 186 Å². The van der Waals surface area contributed by atoms with E-state index in [0.717, 1.165) is 25.7 Å². The Labute approximate surface area is 300 Å². The number of amides is 4. The summed E-state index contributed by atoms with van der Waals surface area (Å²) < 4.78 is 11.1. The minimum Gasteiger partial charge on any atom is -0.478 e. The first kappa shape index (κ1) is 36.6. The van der Waals surface area contributed by atoms with E-state index >= 15 is 0 Å². The third-order valence-electron chi connectivity index (χ3n) is 7.34. The number of hydrogen-bond donors (Lipinski definition) is 4. The number of ether oxygens (including phenoxy) is 2. The number of rotatable bonds is 16. The number of nitrogens with one attached hydrogen (secondary N) is 4. The van der Waals surface area contributed by atoms with Crippen LogP contribution in [-0.2, 0) is 0 Å². The quantitative estimate of drug-likeness (QED) is 0.0813. The highest BCUT2D eigenvalue weighted by molar-refractivity contribution is 6.09. The SMILES string of the molecule is CCCCOc1ccc(C(=O)Nc2cccc(NC(=O)c3cccc(C(=O)Nc4cccc(NC(=O)c5ccc(OCCCC)nc5)n4)c3)n2)cn1. The summed E-state index contributed by atoms with van der Waals surface area (Å²) in [5.41, 5.74) is 1.02. The van der Waals surface area contributed by atoms with Gasteiger partial charge in [-0.15, -0.1) is 0 Å². The highest BCUT2D eigenvalue weighted by Crippen LogP contribution is 2.17. The molecule has 266 valence electrons. The number of hydrogen-bond acceptors (Lipinski definition) is 10.